The normalized spacial score (nSPS) is 14.7. The maximum Gasteiger partial charge on any atom is 0.318 e. The summed E-state index contributed by atoms with van der Waals surface area (Å²) in [6.07, 6.45) is -0.870. The first-order valence-electron chi connectivity index (χ1n) is 2.72. The molecule has 0 aromatic carbocycles. The third-order valence-electron chi connectivity index (χ3n) is 1.25. The van der Waals surface area contributed by atoms with Crippen molar-refractivity contribution in [2.24, 2.45) is 0 Å². The van der Waals surface area contributed by atoms with Crippen LogP contribution in [0.15, 0.2) is 0 Å². The molecule has 0 spiro atoms. The van der Waals surface area contributed by atoms with Gasteiger partial charge in [0, 0.05) is 6.42 Å². The summed E-state index contributed by atoms with van der Waals surface area (Å²) >= 11 is 0. The van der Waals surface area contributed by atoms with Gasteiger partial charge in [0.1, 0.15) is 0 Å². The molecule has 7 nitrogen and oxygen atoms in total. The van der Waals surface area contributed by atoms with Crippen molar-refractivity contribution in [1.82, 2.24) is 0 Å². The Hall–Kier alpha value is -0.220. The second-order valence-corrected chi connectivity index (χ2v) is 5.53. The fraction of sp³-hybridized carbons (Fsp3) is 1.00. The lowest BCUT2D eigenvalue weighted by Gasteiger charge is -2.18. The summed E-state index contributed by atoms with van der Waals surface area (Å²) < 4.78 is 54.2. The van der Waals surface area contributed by atoms with Crippen molar-refractivity contribution >= 4 is 20.2 Å². The maximum atomic E-state index is 10.3. The maximum absolute atomic E-state index is 10.3. The van der Waals surface area contributed by atoms with Crippen molar-refractivity contribution < 1.29 is 31.0 Å². The van der Waals surface area contributed by atoms with Crippen molar-refractivity contribution in [1.29, 1.82) is 0 Å². The minimum atomic E-state index is -5.25. The zero-order valence-electron chi connectivity index (χ0n) is 6.00. The van der Waals surface area contributed by atoms with Crippen molar-refractivity contribution in [2.75, 3.05) is 0 Å². The van der Waals surface area contributed by atoms with Crippen LogP contribution >= 0.6 is 0 Å². The highest BCUT2D eigenvalue weighted by molar-refractivity contribution is 8.04. The number of aliphatic hydroxyl groups is 1. The van der Waals surface area contributed by atoms with E-state index in [0.29, 0.717) is 0 Å². The van der Waals surface area contributed by atoms with Crippen LogP contribution in [0.3, 0.4) is 0 Å². The standard InChI is InChI=1S/C3H8O7S2/c1-2-3(4,11(5,6)7)12(8,9)10/h4H,2H2,1H3,(H,5,6,7)(H,8,9,10). The highest BCUT2D eigenvalue weighted by Crippen LogP contribution is 2.22. The Balaban J connectivity index is 5.58. The lowest BCUT2D eigenvalue weighted by Crippen LogP contribution is -2.45. The largest absolute Gasteiger partial charge is 0.359 e. The quantitative estimate of drug-likeness (QED) is 0.510. The zero-order chi connectivity index (χ0) is 10.2. The van der Waals surface area contributed by atoms with E-state index in [0.717, 1.165) is 6.92 Å². The minimum absolute atomic E-state index is 0.870. The predicted molar refractivity (Wildman–Crippen MR) is 38.3 cm³/mol. The van der Waals surface area contributed by atoms with Crippen molar-refractivity contribution in [2.45, 2.75) is 17.6 Å². The molecule has 0 aliphatic carbocycles. The van der Waals surface area contributed by atoms with Gasteiger partial charge in [-0.3, -0.25) is 9.11 Å². The van der Waals surface area contributed by atoms with Crippen LogP contribution in [-0.4, -0.2) is 35.3 Å². The molecule has 0 atom stereocenters. The number of hydrogen-bond donors (Lipinski definition) is 3. The fourth-order valence-electron chi connectivity index (χ4n) is 0.498. The Bertz CT molecular complexity index is 316. The molecule has 0 saturated carbocycles. The molecule has 0 fully saturated rings. The Kier molecular flexibility index (Phi) is 2.87. The predicted octanol–water partition coefficient (Wildman–Crippen LogP) is -1.18. The molecule has 0 rings (SSSR count). The molecule has 0 heterocycles. The first-order valence-corrected chi connectivity index (χ1v) is 5.60. The van der Waals surface area contributed by atoms with Gasteiger partial charge in [-0.1, -0.05) is 6.92 Å². The highest BCUT2D eigenvalue weighted by atomic mass is 32.3. The van der Waals surface area contributed by atoms with E-state index < -0.39 is 30.9 Å². The van der Waals surface area contributed by atoms with E-state index in [1.54, 1.807) is 0 Å². The van der Waals surface area contributed by atoms with Gasteiger partial charge in [0.25, 0.3) is 0 Å². The average Bonchev–Trinajstić information content (AvgIpc) is 1.81. The summed E-state index contributed by atoms with van der Waals surface area (Å²) in [6.45, 7) is 0.974. The van der Waals surface area contributed by atoms with Crippen molar-refractivity contribution in [3.8, 4) is 0 Å². The van der Waals surface area contributed by atoms with Crippen LogP contribution in [0.4, 0.5) is 0 Å². The molecule has 3 N–H and O–H groups in total. The van der Waals surface area contributed by atoms with E-state index >= 15 is 0 Å². The Morgan fingerprint density at radius 2 is 1.33 bits per heavy atom. The molecule has 0 aromatic heterocycles. The summed E-state index contributed by atoms with van der Waals surface area (Å²) in [7, 11) is -10.5. The van der Waals surface area contributed by atoms with Crippen molar-refractivity contribution in [3.63, 3.8) is 0 Å². The van der Waals surface area contributed by atoms with Crippen LogP contribution in [0.25, 0.3) is 0 Å². The molecule has 12 heavy (non-hydrogen) atoms. The Labute approximate surface area is 69.5 Å². The average molecular weight is 220 g/mol. The van der Waals surface area contributed by atoms with Crippen LogP contribution in [-0.2, 0) is 20.2 Å². The molecule has 0 bridgehead atoms. The first-order chi connectivity index (χ1) is 5.06. The second kappa shape index (κ2) is 2.92. The fourth-order valence-corrected chi connectivity index (χ4v) is 2.29. The molecule has 0 aliphatic heterocycles. The SMILES string of the molecule is CCC(O)(S(=O)(=O)O)S(=O)(=O)O. The highest BCUT2D eigenvalue weighted by Gasteiger charge is 2.51. The van der Waals surface area contributed by atoms with E-state index in [1.807, 2.05) is 0 Å². The van der Waals surface area contributed by atoms with Gasteiger partial charge in [0.15, 0.2) is 0 Å². The molecule has 0 radical (unpaired) electrons. The number of hydrogen-bond acceptors (Lipinski definition) is 5. The Morgan fingerprint density at radius 3 is 1.33 bits per heavy atom. The van der Waals surface area contributed by atoms with Crippen molar-refractivity contribution in [3.05, 3.63) is 0 Å². The smallest absolute Gasteiger partial charge is 0.318 e. The van der Waals surface area contributed by atoms with E-state index in [-0.39, 0.29) is 0 Å². The summed E-state index contributed by atoms with van der Waals surface area (Å²) in [5.74, 6) is 0. The van der Waals surface area contributed by atoms with Gasteiger partial charge < -0.3 is 5.11 Å². The van der Waals surface area contributed by atoms with Gasteiger partial charge in [0.2, 0.25) is 0 Å². The van der Waals surface area contributed by atoms with Crippen LogP contribution < -0.4 is 0 Å². The van der Waals surface area contributed by atoms with Gasteiger partial charge in [-0.15, -0.1) is 0 Å². The third kappa shape index (κ3) is 1.75. The van der Waals surface area contributed by atoms with Crippen LogP contribution in [0.2, 0.25) is 0 Å². The van der Waals surface area contributed by atoms with E-state index in [2.05, 4.69) is 0 Å². The monoisotopic (exact) mass is 220 g/mol. The first kappa shape index (κ1) is 11.8. The summed E-state index contributed by atoms with van der Waals surface area (Å²) in [4.78, 5) is 0. The molecular formula is C3H8O7S2. The van der Waals surface area contributed by atoms with Crippen LogP contribution in [0, 0.1) is 0 Å². The van der Waals surface area contributed by atoms with Gasteiger partial charge in [0.05, 0.1) is 0 Å². The Morgan fingerprint density at radius 1 is 1.08 bits per heavy atom. The molecule has 0 unspecified atom stereocenters. The summed E-state index contributed by atoms with van der Waals surface area (Å²) in [6, 6.07) is 0. The lowest BCUT2D eigenvalue weighted by atomic mass is 10.5. The van der Waals surface area contributed by atoms with Gasteiger partial charge in [-0.2, -0.15) is 16.8 Å². The van der Waals surface area contributed by atoms with Crippen LogP contribution in [0.1, 0.15) is 13.3 Å². The topological polar surface area (TPSA) is 129 Å². The molecule has 0 amide bonds. The number of rotatable bonds is 3. The summed E-state index contributed by atoms with van der Waals surface area (Å²) in [5.41, 5.74) is 0. The minimum Gasteiger partial charge on any atom is -0.359 e. The van der Waals surface area contributed by atoms with E-state index in [9.17, 15) is 16.8 Å². The molecule has 0 aliphatic rings. The van der Waals surface area contributed by atoms with Crippen LogP contribution in [0.5, 0.6) is 0 Å². The third-order valence-corrected chi connectivity index (χ3v) is 4.71. The molecule has 0 aromatic rings. The molecular weight excluding hydrogens is 212 g/mol. The van der Waals surface area contributed by atoms with E-state index in [1.165, 1.54) is 0 Å². The molecule has 0 saturated heterocycles. The molecule has 74 valence electrons. The molecule has 9 heteroatoms. The lowest BCUT2D eigenvalue weighted by molar-refractivity contribution is 0.172. The van der Waals surface area contributed by atoms with E-state index in [4.69, 9.17) is 14.2 Å². The van der Waals surface area contributed by atoms with Gasteiger partial charge in [-0.25, -0.2) is 0 Å². The van der Waals surface area contributed by atoms with Gasteiger partial charge >= 0.3 is 24.5 Å². The van der Waals surface area contributed by atoms with Gasteiger partial charge in [-0.05, 0) is 0 Å². The summed E-state index contributed by atoms with van der Waals surface area (Å²) in [5, 5.41) is 8.82. The second-order valence-electron chi connectivity index (χ2n) is 2.02. The zero-order valence-corrected chi connectivity index (χ0v) is 7.63.